The van der Waals surface area contributed by atoms with Crippen molar-refractivity contribution in [1.82, 2.24) is 4.98 Å². The van der Waals surface area contributed by atoms with Gasteiger partial charge in [0.2, 0.25) is 0 Å². The fourth-order valence-electron chi connectivity index (χ4n) is 2.43. The number of anilines is 1. The first-order valence-corrected chi connectivity index (χ1v) is 8.07. The first-order chi connectivity index (χ1) is 11.4. The number of nitrogens with one attached hydrogen (secondary N) is 1. The van der Waals surface area contributed by atoms with Crippen LogP contribution in [0.1, 0.15) is 32.1 Å². The smallest absolute Gasteiger partial charge is 0.307 e. The van der Waals surface area contributed by atoms with Crippen LogP contribution in [0.4, 0.5) is 9.52 Å². The largest absolute Gasteiger partial charge is 0.481 e. The zero-order valence-electron chi connectivity index (χ0n) is 12.0. The van der Waals surface area contributed by atoms with Crippen LogP contribution in [0.3, 0.4) is 0 Å². The molecule has 2 N–H and O–H groups in total. The Morgan fingerprint density at radius 3 is 2.79 bits per heavy atom. The van der Waals surface area contributed by atoms with E-state index < -0.39 is 23.6 Å². The van der Waals surface area contributed by atoms with Gasteiger partial charge in [0.25, 0.3) is 5.91 Å². The number of carbonyl (C=O) groups excluding carboxylic acids is 2. The molecular formula is C15H10ClFN2O4S. The van der Waals surface area contributed by atoms with Gasteiger partial charge in [-0.05, 0) is 12.1 Å². The number of benzene rings is 1. The van der Waals surface area contributed by atoms with Crippen LogP contribution in [0.15, 0.2) is 18.2 Å². The lowest BCUT2D eigenvalue weighted by Gasteiger charge is -2.15. The van der Waals surface area contributed by atoms with Crippen LogP contribution in [-0.2, 0) is 11.2 Å². The van der Waals surface area contributed by atoms with E-state index in [1.165, 1.54) is 12.1 Å². The second kappa shape index (κ2) is 6.29. The number of aliphatic carboxylic acids is 1. The topological polar surface area (TPSA) is 96.4 Å². The number of ketones is 1. The van der Waals surface area contributed by atoms with Gasteiger partial charge in [-0.25, -0.2) is 9.37 Å². The number of aromatic nitrogens is 1. The Bertz CT molecular complexity index is 847. The summed E-state index contributed by atoms with van der Waals surface area (Å²) in [5.74, 6) is -3.78. The Hall–Kier alpha value is -2.32. The summed E-state index contributed by atoms with van der Waals surface area (Å²) in [6.45, 7) is 0. The molecule has 0 saturated carbocycles. The minimum atomic E-state index is -1.06. The minimum absolute atomic E-state index is 0.0455. The molecule has 1 aliphatic carbocycles. The highest BCUT2D eigenvalue weighted by Crippen LogP contribution is 2.33. The standard InChI is InChI=1S/C15H10ClFN2O4S/c16-7-2-1-3-8(17)11(7)13(21)19-15-18-9-4-6(14(22)23)5-10(20)12(9)24-15/h1-3,6H,4-5H2,(H,22,23)(H,18,19,21)/t6-/m0/s1. The Kier molecular flexibility index (Phi) is 4.33. The number of hydrogen-bond acceptors (Lipinski definition) is 5. The predicted molar refractivity (Wildman–Crippen MR) is 85.3 cm³/mol. The molecule has 9 heteroatoms. The Morgan fingerprint density at radius 2 is 2.12 bits per heavy atom. The molecule has 3 rings (SSSR count). The highest BCUT2D eigenvalue weighted by atomic mass is 35.5. The monoisotopic (exact) mass is 368 g/mol. The summed E-state index contributed by atoms with van der Waals surface area (Å²) in [6, 6.07) is 3.86. The number of nitrogens with zero attached hydrogens (tertiary/aromatic N) is 1. The van der Waals surface area contributed by atoms with Crippen molar-refractivity contribution in [2.24, 2.45) is 5.92 Å². The molecule has 1 aromatic carbocycles. The Morgan fingerprint density at radius 1 is 1.38 bits per heavy atom. The highest BCUT2D eigenvalue weighted by molar-refractivity contribution is 7.17. The molecule has 1 aromatic heterocycles. The van der Waals surface area contributed by atoms with Gasteiger partial charge < -0.3 is 5.11 Å². The van der Waals surface area contributed by atoms with Gasteiger partial charge in [-0.15, -0.1) is 0 Å². The molecule has 0 saturated heterocycles. The summed E-state index contributed by atoms with van der Waals surface area (Å²) in [4.78, 5) is 39.6. The lowest BCUT2D eigenvalue weighted by molar-refractivity contribution is -0.141. The molecule has 1 atom stereocenters. The van der Waals surface area contributed by atoms with E-state index in [0.29, 0.717) is 10.6 Å². The van der Waals surface area contributed by atoms with Crippen LogP contribution >= 0.6 is 22.9 Å². The fourth-order valence-corrected chi connectivity index (χ4v) is 3.62. The van der Waals surface area contributed by atoms with Gasteiger partial charge in [0, 0.05) is 12.8 Å². The second-order valence-corrected chi connectivity index (χ2v) is 6.62. The molecule has 1 amide bonds. The number of fused-ring (bicyclic) bond motifs is 1. The highest BCUT2D eigenvalue weighted by Gasteiger charge is 2.33. The first kappa shape index (κ1) is 16.5. The molecule has 1 aliphatic rings. The van der Waals surface area contributed by atoms with Crippen LogP contribution < -0.4 is 5.32 Å². The van der Waals surface area contributed by atoms with Crippen molar-refractivity contribution in [2.45, 2.75) is 12.8 Å². The van der Waals surface area contributed by atoms with E-state index in [1.807, 2.05) is 0 Å². The van der Waals surface area contributed by atoms with E-state index in [1.54, 1.807) is 0 Å². The molecule has 0 fully saturated rings. The molecule has 124 valence electrons. The Labute approximate surface area is 144 Å². The van der Waals surface area contributed by atoms with E-state index >= 15 is 0 Å². The summed E-state index contributed by atoms with van der Waals surface area (Å²) < 4.78 is 13.8. The average molecular weight is 369 g/mol. The van der Waals surface area contributed by atoms with Gasteiger partial charge in [0.1, 0.15) is 5.82 Å². The minimum Gasteiger partial charge on any atom is -0.481 e. The molecule has 1 heterocycles. The van der Waals surface area contributed by atoms with Gasteiger partial charge >= 0.3 is 5.97 Å². The molecule has 0 bridgehead atoms. The van der Waals surface area contributed by atoms with Crippen LogP contribution in [-0.4, -0.2) is 27.8 Å². The van der Waals surface area contributed by atoms with Crippen LogP contribution in [0.5, 0.6) is 0 Å². The van der Waals surface area contributed by atoms with E-state index in [-0.39, 0.29) is 34.3 Å². The molecular weight excluding hydrogens is 359 g/mol. The lowest BCUT2D eigenvalue weighted by Crippen LogP contribution is -2.25. The van der Waals surface area contributed by atoms with Gasteiger partial charge in [0.05, 0.1) is 27.1 Å². The van der Waals surface area contributed by atoms with E-state index in [2.05, 4.69) is 10.3 Å². The first-order valence-electron chi connectivity index (χ1n) is 6.88. The van der Waals surface area contributed by atoms with E-state index in [0.717, 1.165) is 17.4 Å². The summed E-state index contributed by atoms with van der Waals surface area (Å²) in [7, 11) is 0. The van der Waals surface area contributed by atoms with Crippen molar-refractivity contribution < 1.29 is 23.9 Å². The summed E-state index contributed by atoms with van der Waals surface area (Å²) in [5.41, 5.74) is 0.0145. The van der Waals surface area contributed by atoms with Crippen molar-refractivity contribution in [3.05, 3.63) is 45.2 Å². The van der Waals surface area contributed by atoms with Gasteiger partial charge in [0.15, 0.2) is 10.9 Å². The maximum atomic E-state index is 13.8. The third kappa shape index (κ3) is 3.02. The van der Waals surface area contributed by atoms with Crippen molar-refractivity contribution in [3.8, 4) is 0 Å². The summed E-state index contributed by atoms with van der Waals surface area (Å²) in [6.07, 6.45) is 0.0142. The fraction of sp³-hybridized carbons (Fsp3) is 0.200. The van der Waals surface area contributed by atoms with E-state index in [9.17, 15) is 18.8 Å². The molecule has 0 spiro atoms. The van der Waals surface area contributed by atoms with Crippen molar-refractivity contribution in [1.29, 1.82) is 0 Å². The van der Waals surface area contributed by atoms with Crippen molar-refractivity contribution >= 4 is 45.7 Å². The maximum Gasteiger partial charge on any atom is 0.307 e. The number of carbonyl (C=O) groups is 3. The molecule has 0 aliphatic heterocycles. The number of rotatable bonds is 3. The molecule has 2 aromatic rings. The van der Waals surface area contributed by atoms with Crippen molar-refractivity contribution in [2.75, 3.05) is 5.32 Å². The average Bonchev–Trinajstić information content (AvgIpc) is 2.89. The van der Waals surface area contributed by atoms with Crippen LogP contribution in [0.2, 0.25) is 5.02 Å². The van der Waals surface area contributed by atoms with Crippen molar-refractivity contribution in [3.63, 3.8) is 0 Å². The second-order valence-electron chi connectivity index (χ2n) is 5.21. The number of carboxylic acids is 1. The molecule has 24 heavy (non-hydrogen) atoms. The van der Waals surface area contributed by atoms with Crippen LogP contribution in [0.25, 0.3) is 0 Å². The van der Waals surface area contributed by atoms with Gasteiger partial charge in [-0.1, -0.05) is 29.0 Å². The van der Waals surface area contributed by atoms with Gasteiger partial charge in [-0.2, -0.15) is 0 Å². The Balaban J connectivity index is 1.85. The quantitative estimate of drug-likeness (QED) is 0.868. The predicted octanol–water partition coefficient (Wildman–Crippen LogP) is 3.02. The normalized spacial score (nSPS) is 16.6. The number of carboxylic acid groups (broad SMARTS) is 1. The molecule has 0 unspecified atom stereocenters. The SMILES string of the molecule is O=C1C[C@@H](C(=O)O)Cc2nc(NC(=O)c3c(F)cccc3Cl)sc21. The third-order valence-corrected chi connectivity index (χ3v) is 4.95. The zero-order chi connectivity index (χ0) is 17.4. The molecule has 6 nitrogen and oxygen atoms in total. The number of halogens is 2. The third-order valence-electron chi connectivity index (χ3n) is 3.58. The number of Topliss-reactive ketones (excluding diaryl/α,β-unsaturated/α-hetero) is 1. The number of amides is 1. The lowest BCUT2D eigenvalue weighted by atomic mass is 9.90. The summed E-state index contributed by atoms with van der Waals surface area (Å²) >= 11 is 6.77. The summed E-state index contributed by atoms with van der Waals surface area (Å²) in [5, 5.41) is 11.5. The zero-order valence-corrected chi connectivity index (χ0v) is 13.6. The molecule has 0 radical (unpaired) electrons. The van der Waals surface area contributed by atoms with E-state index in [4.69, 9.17) is 16.7 Å². The van der Waals surface area contributed by atoms with Gasteiger partial charge in [-0.3, -0.25) is 19.7 Å². The number of thiazole rings is 1. The van der Waals surface area contributed by atoms with Crippen LogP contribution in [0, 0.1) is 11.7 Å². The maximum absolute atomic E-state index is 13.8. The number of hydrogen-bond donors (Lipinski definition) is 2.